The Balaban J connectivity index is 1.78. The van der Waals surface area contributed by atoms with Gasteiger partial charge in [-0.1, -0.05) is 11.1 Å². The highest BCUT2D eigenvalue weighted by Gasteiger charge is 2.62. The number of carbonyl (C=O) groups excluding carboxylic acids is 2. The van der Waals surface area contributed by atoms with Crippen LogP contribution in [-0.2, 0) is 14.3 Å². The van der Waals surface area contributed by atoms with Crippen molar-refractivity contribution < 1.29 is 14.3 Å². The number of carbonyl (C=O) groups is 2. The van der Waals surface area contributed by atoms with E-state index in [-0.39, 0.29) is 35.9 Å². The van der Waals surface area contributed by atoms with Gasteiger partial charge in [0.15, 0.2) is 0 Å². The van der Waals surface area contributed by atoms with E-state index in [1.807, 2.05) is 0 Å². The molecule has 1 aliphatic carbocycles. The number of ether oxygens (including phenoxy) is 1. The third kappa shape index (κ3) is 1.05. The second-order valence-electron chi connectivity index (χ2n) is 5.85. The monoisotopic (exact) mass is 245 g/mol. The van der Waals surface area contributed by atoms with Gasteiger partial charge in [0.2, 0.25) is 11.8 Å². The topological polar surface area (TPSA) is 55.4 Å². The van der Waals surface area contributed by atoms with E-state index in [1.165, 1.54) is 22.3 Å². The number of allylic oxidation sites excluding steroid dienone is 2. The van der Waals surface area contributed by atoms with E-state index >= 15 is 0 Å². The Hall–Kier alpha value is -1.42. The fourth-order valence-corrected chi connectivity index (χ4v) is 3.86. The standard InChI is InChI=1S/C14H15NO3/c1-5-3-7-8(4-6(5)2)12-10-9(11(7)18-12)13(16)15-14(10)17/h9-12H,3-4H2,1-2H3,(H,15,16,17). The van der Waals surface area contributed by atoms with Gasteiger partial charge in [0, 0.05) is 0 Å². The third-order valence-electron chi connectivity index (χ3n) is 4.92. The summed E-state index contributed by atoms with van der Waals surface area (Å²) in [4.78, 5) is 23.7. The van der Waals surface area contributed by atoms with Crippen molar-refractivity contribution in [1.82, 2.24) is 5.32 Å². The normalized spacial score (nSPS) is 41.4. The maximum Gasteiger partial charge on any atom is 0.233 e. The second kappa shape index (κ2) is 3.12. The van der Waals surface area contributed by atoms with E-state index in [1.54, 1.807) is 0 Å². The lowest BCUT2D eigenvalue weighted by Crippen LogP contribution is -2.33. The average Bonchev–Trinajstić information content (AvgIpc) is 2.93. The van der Waals surface area contributed by atoms with Gasteiger partial charge in [-0.15, -0.1) is 0 Å². The van der Waals surface area contributed by atoms with E-state index in [2.05, 4.69) is 19.2 Å². The van der Waals surface area contributed by atoms with Gasteiger partial charge in [0.05, 0.1) is 24.0 Å². The fraction of sp³-hybridized carbons (Fsp3) is 0.571. The zero-order valence-electron chi connectivity index (χ0n) is 10.4. The molecule has 1 N–H and O–H groups in total. The zero-order chi connectivity index (χ0) is 12.6. The third-order valence-corrected chi connectivity index (χ3v) is 4.92. The largest absolute Gasteiger partial charge is 0.365 e. The maximum absolute atomic E-state index is 11.8. The molecule has 4 aliphatic rings. The first-order valence-electron chi connectivity index (χ1n) is 6.45. The van der Waals surface area contributed by atoms with Gasteiger partial charge in [-0.3, -0.25) is 14.9 Å². The predicted octanol–water partition coefficient (Wildman–Crippen LogP) is 1.08. The summed E-state index contributed by atoms with van der Waals surface area (Å²) in [6, 6.07) is 0. The van der Waals surface area contributed by atoms with E-state index in [0.29, 0.717) is 0 Å². The van der Waals surface area contributed by atoms with Crippen LogP contribution in [0.5, 0.6) is 0 Å². The molecule has 18 heavy (non-hydrogen) atoms. The molecule has 4 atom stereocenters. The first kappa shape index (κ1) is 10.5. The van der Waals surface area contributed by atoms with Gasteiger partial charge in [-0.05, 0) is 37.8 Å². The van der Waals surface area contributed by atoms with Crippen molar-refractivity contribution >= 4 is 11.8 Å². The number of imide groups is 1. The van der Waals surface area contributed by atoms with Crippen molar-refractivity contribution in [2.75, 3.05) is 0 Å². The molecule has 0 aromatic rings. The number of nitrogens with one attached hydrogen (secondary N) is 1. The molecule has 0 aromatic heterocycles. The van der Waals surface area contributed by atoms with Crippen LogP contribution in [-0.4, -0.2) is 24.0 Å². The van der Waals surface area contributed by atoms with Crippen LogP contribution in [0.25, 0.3) is 0 Å². The van der Waals surface area contributed by atoms with Crippen LogP contribution in [0.3, 0.4) is 0 Å². The minimum absolute atomic E-state index is 0.145. The smallest absolute Gasteiger partial charge is 0.233 e. The quantitative estimate of drug-likeness (QED) is 0.513. The van der Waals surface area contributed by atoms with Gasteiger partial charge in [0.25, 0.3) is 0 Å². The van der Waals surface area contributed by atoms with Gasteiger partial charge >= 0.3 is 0 Å². The molecule has 0 saturated carbocycles. The Morgan fingerprint density at radius 2 is 1.39 bits per heavy atom. The van der Waals surface area contributed by atoms with Crippen LogP contribution in [0.15, 0.2) is 22.3 Å². The lowest BCUT2D eigenvalue weighted by Gasteiger charge is -2.28. The number of amides is 2. The van der Waals surface area contributed by atoms with Crippen molar-refractivity contribution in [2.45, 2.75) is 38.9 Å². The predicted molar refractivity (Wildman–Crippen MR) is 63.4 cm³/mol. The molecule has 0 radical (unpaired) electrons. The number of hydrogen-bond acceptors (Lipinski definition) is 3. The van der Waals surface area contributed by atoms with Crippen molar-refractivity contribution in [1.29, 1.82) is 0 Å². The highest BCUT2D eigenvalue weighted by molar-refractivity contribution is 6.07. The van der Waals surface area contributed by atoms with Gasteiger partial charge < -0.3 is 4.74 Å². The number of rotatable bonds is 0. The molecule has 3 heterocycles. The van der Waals surface area contributed by atoms with Crippen molar-refractivity contribution in [3.63, 3.8) is 0 Å². The first-order valence-corrected chi connectivity index (χ1v) is 6.45. The molecule has 2 saturated heterocycles. The Labute approximate surface area is 105 Å². The summed E-state index contributed by atoms with van der Waals surface area (Å²) in [5, 5.41) is 2.45. The minimum atomic E-state index is -0.271. The van der Waals surface area contributed by atoms with Crippen molar-refractivity contribution in [3.8, 4) is 0 Å². The molecule has 2 bridgehead atoms. The lowest BCUT2D eigenvalue weighted by molar-refractivity contribution is -0.128. The van der Waals surface area contributed by atoms with Crippen LogP contribution in [0.2, 0.25) is 0 Å². The van der Waals surface area contributed by atoms with Gasteiger partial charge in [0.1, 0.15) is 0 Å². The molecule has 0 aromatic carbocycles. The molecule has 94 valence electrons. The van der Waals surface area contributed by atoms with Crippen molar-refractivity contribution in [2.24, 2.45) is 11.8 Å². The van der Waals surface area contributed by atoms with Crippen LogP contribution in [0.1, 0.15) is 26.7 Å². The SMILES string of the molecule is CC1=C(C)CC2=C(C1)C1OC2C2C(=O)NC(=O)C12. The van der Waals surface area contributed by atoms with E-state index < -0.39 is 0 Å². The number of fused-ring (bicyclic) bond motifs is 7. The summed E-state index contributed by atoms with van der Waals surface area (Å²) in [7, 11) is 0. The summed E-state index contributed by atoms with van der Waals surface area (Å²) in [6.07, 6.45) is 1.52. The van der Waals surface area contributed by atoms with Crippen molar-refractivity contribution in [3.05, 3.63) is 22.3 Å². The fourth-order valence-electron chi connectivity index (χ4n) is 3.86. The Bertz CT molecular complexity index is 511. The lowest BCUT2D eigenvalue weighted by atomic mass is 9.71. The van der Waals surface area contributed by atoms with Gasteiger partial charge in [-0.2, -0.15) is 0 Å². The molecular weight excluding hydrogens is 230 g/mol. The highest BCUT2D eigenvalue weighted by atomic mass is 16.5. The summed E-state index contributed by atoms with van der Waals surface area (Å²) >= 11 is 0. The minimum Gasteiger partial charge on any atom is -0.365 e. The summed E-state index contributed by atoms with van der Waals surface area (Å²) in [5.41, 5.74) is 5.31. The van der Waals surface area contributed by atoms with Crippen LogP contribution in [0.4, 0.5) is 0 Å². The molecule has 2 amide bonds. The van der Waals surface area contributed by atoms with E-state index in [9.17, 15) is 9.59 Å². The van der Waals surface area contributed by atoms with Gasteiger partial charge in [-0.25, -0.2) is 0 Å². The highest BCUT2D eigenvalue weighted by Crippen LogP contribution is 2.53. The number of hydrogen-bond donors (Lipinski definition) is 1. The molecule has 0 spiro atoms. The first-order chi connectivity index (χ1) is 8.58. The molecule has 4 heteroatoms. The maximum atomic E-state index is 11.8. The van der Waals surface area contributed by atoms with E-state index in [4.69, 9.17) is 4.74 Å². The zero-order valence-corrected chi connectivity index (χ0v) is 10.4. The molecule has 3 aliphatic heterocycles. The van der Waals surface area contributed by atoms with Crippen LogP contribution in [0, 0.1) is 11.8 Å². The summed E-state index contributed by atoms with van der Waals surface area (Å²) < 4.78 is 5.94. The molecule has 4 rings (SSSR count). The van der Waals surface area contributed by atoms with Crippen LogP contribution < -0.4 is 5.32 Å². The van der Waals surface area contributed by atoms with E-state index in [0.717, 1.165) is 12.8 Å². The molecular formula is C14H15NO3. The molecule has 2 fully saturated rings. The summed E-state index contributed by atoms with van der Waals surface area (Å²) in [6.45, 7) is 4.28. The average molecular weight is 245 g/mol. The Morgan fingerprint density at radius 3 is 1.83 bits per heavy atom. The Morgan fingerprint density at radius 1 is 0.944 bits per heavy atom. The molecule has 4 unspecified atom stereocenters. The molecule has 4 nitrogen and oxygen atoms in total. The summed E-state index contributed by atoms with van der Waals surface area (Å²) in [5.74, 6) is -0.833. The van der Waals surface area contributed by atoms with Crippen LogP contribution >= 0.6 is 0 Å². The second-order valence-corrected chi connectivity index (χ2v) is 5.85. The Kier molecular flexibility index (Phi) is 1.82.